The summed E-state index contributed by atoms with van der Waals surface area (Å²) in [5.74, 6) is -7.36. The molecule has 7 rings (SSSR count). The van der Waals surface area contributed by atoms with Gasteiger partial charge in [-0.25, -0.2) is 26.3 Å². The molecule has 3 aliphatic heterocycles. The van der Waals surface area contributed by atoms with Gasteiger partial charge in [0.2, 0.25) is 0 Å². The van der Waals surface area contributed by atoms with Crippen LogP contribution < -0.4 is 10.6 Å². The summed E-state index contributed by atoms with van der Waals surface area (Å²) in [6.45, 7) is 13.2. The number of hydrogen-bond acceptors (Lipinski definition) is 11. The summed E-state index contributed by atoms with van der Waals surface area (Å²) in [4.78, 5) is 37.6. The quantitative estimate of drug-likeness (QED) is 0.0615. The highest BCUT2D eigenvalue weighted by atomic mass is 127. The van der Waals surface area contributed by atoms with E-state index in [1.165, 1.54) is 40.1 Å². The maximum atomic E-state index is 14.7. The van der Waals surface area contributed by atoms with Gasteiger partial charge in [0.25, 0.3) is 11.8 Å². The predicted molar refractivity (Wildman–Crippen MR) is 264 cm³/mol. The Kier molecular flexibility index (Phi) is 18.4. The number of rotatable bonds is 17. The van der Waals surface area contributed by atoms with Crippen molar-refractivity contribution in [2.75, 3.05) is 122 Å². The Morgan fingerprint density at radius 2 is 1.09 bits per heavy atom. The minimum atomic E-state index is -1.29. The minimum Gasteiger partial charge on any atom is -0.395 e. The van der Waals surface area contributed by atoms with Gasteiger partial charge < -0.3 is 45.6 Å². The molecular formula is C47H56F6I2N8O5. The van der Waals surface area contributed by atoms with Crippen LogP contribution in [0.1, 0.15) is 34.6 Å². The number of carbonyl (C=O) groups excluding carboxylic acids is 2. The van der Waals surface area contributed by atoms with Gasteiger partial charge in [-0.2, -0.15) is 0 Å². The number of carbonyl (C=O) groups is 2. The number of piperazine rings is 1. The molecule has 3 aliphatic rings. The zero-order valence-electron chi connectivity index (χ0n) is 38.0. The molecule has 21 heteroatoms. The average molecular weight is 1180 g/mol. The molecule has 0 bridgehead atoms. The molecule has 3 heterocycles. The molecule has 68 heavy (non-hydrogen) atoms. The van der Waals surface area contributed by atoms with Gasteiger partial charge in [0.05, 0.1) is 66.7 Å². The second-order valence-electron chi connectivity index (χ2n) is 17.4. The van der Waals surface area contributed by atoms with Crippen LogP contribution in [0.3, 0.4) is 0 Å². The lowest BCUT2D eigenvalue weighted by atomic mass is 9.92. The Morgan fingerprint density at radius 3 is 1.51 bits per heavy atom. The van der Waals surface area contributed by atoms with E-state index in [4.69, 9.17) is 5.11 Å². The van der Waals surface area contributed by atoms with Gasteiger partial charge in [-0.1, -0.05) is 13.8 Å². The lowest BCUT2D eigenvalue weighted by Crippen LogP contribution is -2.68. The van der Waals surface area contributed by atoms with Crippen LogP contribution in [-0.2, 0) is 0 Å². The monoisotopic (exact) mass is 1180 g/mol. The van der Waals surface area contributed by atoms with Crippen molar-refractivity contribution in [1.82, 2.24) is 29.4 Å². The molecule has 0 saturated carbocycles. The number of aliphatic hydroxyl groups excluding tert-OH is 1. The predicted octanol–water partition coefficient (Wildman–Crippen LogP) is 6.16. The smallest absolute Gasteiger partial charge is 0.256 e. The first-order valence-corrected chi connectivity index (χ1v) is 24.3. The molecule has 3 fully saturated rings. The third-order valence-corrected chi connectivity index (χ3v) is 13.5. The average Bonchev–Trinajstić information content (AvgIpc) is 3.27. The molecule has 4 aromatic carbocycles. The summed E-state index contributed by atoms with van der Waals surface area (Å²) in [5.41, 5.74) is -3.57. The lowest BCUT2D eigenvalue weighted by molar-refractivity contribution is -0.102. The molecule has 13 nitrogen and oxygen atoms in total. The number of likely N-dealkylation sites (tertiary alicyclic amines) is 2. The lowest BCUT2D eigenvalue weighted by Gasteiger charge is -2.49. The van der Waals surface area contributed by atoms with Crippen molar-refractivity contribution in [1.29, 1.82) is 0 Å². The zero-order valence-corrected chi connectivity index (χ0v) is 42.3. The number of anilines is 4. The van der Waals surface area contributed by atoms with E-state index in [2.05, 4.69) is 39.2 Å². The number of benzene rings is 4. The van der Waals surface area contributed by atoms with Crippen LogP contribution in [0.2, 0.25) is 0 Å². The zero-order chi connectivity index (χ0) is 49.5. The van der Waals surface area contributed by atoms with Crippen LogP contribution in [-0.4, -0.2) is 180 Å². The van der Waals surface area contributed by atoms with Gasteiger partial charge in [0, 0.05) is 66.0 Å². The first-order valence-electron chi connectivity index (χ1n) is 22.2. The fraction of sp³-hybridized carbons (Fsp3) is 0.447. The highest BCUT2D eigenvalue weighted by Crippen LogP contribution is 2.34. The van der Waals surface area contributed by atoms with Crippen LogP contribution >= 0.6 is 45.2 Å². The van der Waals surface area contributed by atoms with Crippen molar-refractivity contribution < 1.29 is 51.3 Å². The van der Waals surface area contributed by atoms with Crippen LogP contribution in [0.4, 0.5) is 49.1 Å². The van der Waals surface area contributed by atoms with E-state index in [0.717, 1.165) is 70.6 Å². The van der Waals surface area contributed by atoms with E-state index in [-0.39, 0.29) is 61.8 Å². The molecule has 0 radical (unpaired) electrons. The van der Waals surface area contributed by atoms with E-state index in [1.807, 2.05) is 45.2 Å². The number of nitrogens with zero attached hydrogens (tertiary/aromatic N) is 6. The summed E-state index contributed by atoms with van der Waals surface area (Å²) in [7, 11) is 1.73. The largest absolute Gasteiger partial charge is 0.395 e. The number of β-amino-alcohol motifs (C(OH)–C–C–N with tert-alkyl or cyclic N) is 2. The number of aliphatic hydroxyl groups is 3. The van der Waals surface area contributed by atoms with Crippen molar-refractivity contribution in [3.05, 3.63) is 114 Å². The molecule has 0 unspecified atom stereocenters. The summed E-state index contributed by atoms with van der Waals surface area (Å²) in [6.07, 6.45) is 0. The Bertz CT molecular complexity index is 2420. The Balaban J connectivity index is 0.000000230. The maximum Gasteiger partial charge on any atom is 0.256 e. The molecule has 0 aromatic heterocycles. The molecule has 0 spiro atoms. The molecule has 370 valence electrons. The third kappa shape index (κ3) is 13.3. The maximum absolute atomic E-state index is 14.7. The van der Waals surface area contributed by atoms with Crippen LogP contribution in [0.15, 0.2) is 60.7 Å². The van der Waals surface area contributed by atoms with E-state index < -0.39 is 69.3 Å². The highest BCUT2D eigenvalue weighted by Gasteiger charge is 2.47. The van der Waals surface area contributed by atoms with Gasteiger partial charge in [-0.05, 0) is 126 Å². The van der Waals surface area contributed by atoms with E-state index in [1.54, 1.807) is 24.1 Å². The summed E-state index contributed by atoms with van der Waals surface area (Å²) in [6, 6.07) is 12.5. The fourth-order valence-electron chi connectivity index (χ4n) is 8.47. The number of halogens is 8. The molecule has 3 saturated heterocycles. The van der Waals surface area contributed by atoms with Crippen molar-refractivity contribution in [2.45, 2.75) is 25.0 Å². The Labute approximate surface area is 419 Å². The van der Waals surface area contributed by atoms with Crippen molar-refractivity contribution in [2.24, 2.45) is 0 Å². The molecule has 4 aromatic rings. The van der Waals surface area contributed by atoms with Gasteiger partial charge in [-0.15, -0.1) is 0 Å². The van der Waals surface area contributed by atoms with Gasteiger partial charge in [-0.3, -0.25) is 19.4 Å². The summed E-state index contributed by atoms with van der Waals surface area (Å²) in [5, 5.41) is 35.6. The number of amides is 2. The van der Waals surface area contributed by atoms with E-state index >= 15 is 0 Å². The van der Waals surface area contributed by atoms with Crippen molar-refractivity contribution in [3.63, 3.8) is 0 Å². The number of hydrogen-bond donors (Lipinski definition) is 5. The van der Waals surface area contributed by atoms with E-state index in [9.17, 15) is 46.1 Å². The second-order valence-corrected chi connectivity index (χ2v) is 19.9. The SMILES string of the molecule is CCN(CC)CCN1CCN(CC2(O)CN(C(=O)c3ccc(F)c(F)c3Nc3ccc(I)cc3F)C2)CC1.CN(CCO)CC1(O)CN(C(=O)c2ccc(F)c(F)c2Nc2ccc(I)cc2F)C1. The third-order valence-electron chi connectivity index (χ3n) is 12.2. The van der Waals surface area contributed by atoms with Gasteiger partial charge in [0.1, 0.15) is 22.8 Å². The molecule has 0 atom stereocenters. The number of nitrogens with one attached hydrogen (secondary N) is 2. The highest BCUT2D eigenvalue weighted by molar-refractivity contribution is 14.1. The van der Waals surface area contributed by atoms with Crippen LogP contribution in [0, 0.1) is 42.0 Å². The number of likely N-dealkylation sites (N-methyl/N-ethyl adjacent to an activating group) is 2. The van der Waals surface area contributed by atoms with Gasteiger partial charge in [0.15, 0.2) is 23.3 Å². The summed E-state index contributed by atoms with van der Waals surface area (Å²) >= 11 is 3.86. The first kappa shape index (κ1) is 53.5. The molecule has 5 N–H and O–H groups in total. The Morgan fingerprint density at radius 1 is 0.647 bits per heavy atom. The summed E-state index contributed by atoms with van der Waals surface area (Å²) < 4.78 is 86.9. The first-order chi connectivity index (χ1) is 32.2. The van der Waals surface area contributed by atoms with Gasteiger partial charge >= 0.3 is 0 Å². The second kappa shape index (κ2) is 23.4. The van der Waals surface area contributed by atoms with Crippen LogP contribution in [0.5, 0.6) is 0 Å². The Hall–Kier alpha value is -3.82. The molecule has 2 amide bonds. The standard InChI is InChI=1S/C27H35F3IN5O2.C20H21F3IN3O3/c1-3-33(4-2)9-10-34-11-13-35(14-12-34)16-27(38)17-36(18-27)26(37)20-6-7-21(28)24(30)25(20)32-23-8-5-19(31)15-22(23)29;1-26(6-7-28)9-20(30)10-27(11-20)19(29)13-3-4-14(21)17(23)18(13)25-16-5-2-12(24)8-15(16)22/h5-8,15,32,38H,3-4,9-14,16-18H2,1-2H3;2-5,8,25,28,30H,6-7,9-11H2,1H3. The van der Waals surface area contributed by atoms with Crippen molar-refractivity contribution >= 4 is 79.7 Å². The normalized spacial score (nSPS) is 16.8. The fourth-order valence-corrected chi connectivity index (χ4v) is 9.38. The van der Waals surface area contributed by atoms with E-state index in [0.29, 0.717) is 20.2 Å². The molecular weight excluding hydrogens is 1120 g/mol. The van der Waals surface area contributed by atoms with Crippen molar-refractivity contribution in [3.8, 4) is 0 Å². The molecule has 0 aliphatic carbocycles. The topological polar surface area (TPSA) is 138 Å². The minimum absolute atomic E-state index is 0.00205. The van der Waals surface area contributed by atoms with Crippen LogP contribution in [0.25, 0.3) is 0 Å².